The van der Waals surface area contributed by atoms with Crippen molar-refractivity contribution in [3.8, 4) is 56.4 Å². The van der Waals surface area contributed by atoms with Gasteiger partial charge in [-0.25, -0.2) is 9.59 Å². The second-order valence-electron chi connectivity index (χ2n) is 20.4. The standard InChI is InChI=1S/C68H82O10/c1-5-7-9-15-21-51(3)75-67(71)59-29-25-53(26-30-59)57-37-45-63(46-38-57)77-65(69)23-17-11-13-19-49-73-61-41-33-55(34-42-61)56-35-43-62(44-36-56)74-50-20-14-12-18-24-66(70)78-64-47-39-58(40-48-64)54-27-31-60(32-28-54)68(72)76-52(4)22-16-10-8-6-2/h25-48,51-52H,5-24,49-50H2,1-4H3/t51-,52-/m0/s1. The van der Waals surface area contributed by atoms with E-state index in [0.717, 1.165) is 135 Å². The molecular weight excluding hydrogens is 977 g/mol. The Balaban J connectivity index is 0.763. The Morgan fingerprint density at radius 3 is 0.936 bits per heavy atom. The molecule has 78 heavy (non-hydrogen) atoms. The Kier molecular flexibility index (Phi) is 26.1. The molecule has 0 fully saturated rings. The fraction of sp³-hybridized carbons (Fsp3) is 0.412. The van der Waals surface area contributed by atoms with Crippen LogP contribution in [0.3, 0.4) is 0 Å². The summed E-state index contributed by atoms with van der Waals surface area (Å²) in [6, 6.07) is 45.9. The Labute approximate surface area is 464 Å². The van der Waals surface area contributed by atoms with Gasteiger partial charge in [0.2, 0.25) is 0 Å². The summed E-state index contributed by atoms with van der Waals surface area (Å²) in [5, 5.41) is 0. The minimum atomic E-state index is -0.299. The van der Waals surface area contributed by atoms with Gasteiger partial charge in [0.15, 0.2) is 0 Å². The van der Waals surface area contributed by atoms with Crippen molar-refractivity contribution in [2.24, 2.45) is 0 Å². The fourth-order valence-corrected chi connectivity index (χ4v) is 9.05. The van der Waals surface area contributed by atoms with Gasteiger partial charge in [-0.15, -0.1) is 0 Å². The zero-order valence-electron chi connectivity index (χ0n) is 46.6. The van der Waals surface area contributed by atoms with Gasteiger partial charge in [0.05, 0.1) is 36.5 Å². The Bertz CT molecular complexity index is 2490. The van der Waals surface area contributed by atoms with E-state index in [0.29, 0.717) is 48.7 Å². The molecule has 0 N–H and O–H groups in total. The molecule has 0 aromatic heterocycles. The van der Waals surface area contributed by atoms with Crippen molar-refractivity contribution < 1.29 is 47.6 Å². The van der Waals surface area contributed by atoms with Crippen molar-refractivity contribution in [2.45, 2.75) is 168 Å². The summed E-state index contributed by atoms with van der Waals surface area (Å²) in [6.45, 7) is 9.49. The third-order valence-corrected chi connectivity index (χ3v) is 13.8. The van der Waals surface area contributed by atoms with E-state index in [1.807, 2.05) is 86.6 Å². The highest BCUT2D eigenvalue weighted by Gasteiger charge is 2.15. The van der Waals surface area contributed by atoms with Crippen molar-refractivity contribution in [2.75, 3.05) is 13.2 Å². The Hall–Kier alpha value is -7.20. The molecule has 0 spiro atoms. The largest absolute Gasteiger partial charge is 0.494 e. The van der Waals surface area contributed by atoms with Crippen molar-refractivity contribution in [3.05, 3.63) is 157 Å². The van der Waals surface area contributed by atoms with Crippen LogP contribution >= 0.6 is 0 Å². The molecule has 0 saturated carbocycles. The lowest BCUT2D eigenvalue weighted by atomic mass is 10.0. The minimum absolute atomic E-state index is 0.102. The van der Waals surface area contributed by atoms with Gasteiger partial charge in [-0.05, 0) is 171 Å². The van der Waals surface area contributed by atoms with Crippen LogP contribution < -0.4 is 18.9 Å². The van der Waals surface area contributed by atoms with Crippen LogP contribution in [0, 0.1) is 0 Å². The third-order valence-electron chi connectivity index (χ3n) is 13.8. The fourth-order valence-electron chi connectivity index (χ4n) is 9.05. The molecule has 0 saturated heterocycles. The van der Waals surface area contributed by atoms with Crippen LogP contribution in [0.5, 0.6) is 23.0 Å². The monoisotopic (exact) mass is 1060 g/mol. The Morgan fingerprint density at radius 2 is 0.615 bits per heavy atom. The van der Waals surface area contributed by atoms with E-state index < -0.39 is 0 Å². The van der Waals surface area contributed by atoms with Crippen molar-refractivity contribution in [1.29, 1.82) is 0 Å². The van der Waals surface area contributed by atoms with E-state index in [2.05, 4.69) is 38.1 Å². The average Bonchev–Trinajstić information content (AvgIpc) is 3.47. The van der Waals surface area contributed by atoms with E-state index in [9.17, 15) is 19.2 Å². The maximum absolute atomic E-state index is 12.6. The van der Waals surface area contributed by atoms with Gasteiger partial charge >= 0.3 is 23.9 Å². The van der Waals surface area contributed by atoms with E-state index in [1.54, 1.807) is 48.5 Å². The molecule has 6 rings (SSSR count). The lowest BCUT2D eigenvalue weighted by Gasteiger charge is -2.13. The summed E-state index contributed by atoms with van der Waals surface area (Å²) in [6.07, 6.45) is 18.5. The molecule has 6 aromatic rings. The highest BCUT2D eigenvalue weighted by molar-refractivity contribution is 5.91. The van der Waals surface area contributed by atoms with Crippen LogP contribution in [0.2, 0.25) is 0 Å². The van der Waals surface area contributed by atoms with E-state index >= 15 is 0 Å². The maximum atomic E-state index is 12.6. The molecule has 0 bridgehead atoms. The normalized spacial score (nSPS) is 11.8. The van der Waals surface area contributed by atoms with Gasteiger partial charge in [-0.2, -0.15) is 0 Å². The van der Waals surface area contributed by atoms with Gasteiger partial charge in [0.1, 0.15) is 23.0 Å². The topological polar surface area (TPSA) is 124 Å². The number of rotatable bonds is 35. The third kappa shape index (κ3) is 21.7. The maximum Gasteiger partial charge on any atom is 0.338 e. The second kappa shape index (κ2) is 33.8. The first-order valence-corrected chi connectivity index (χ1v) is 28.8. The smallest absolute Gasteiger partial charge is 0.338 e. The summed E-state index contributed by atoms with van der Waals surface area (Å²) >= 11 is 0. The number of hydrogen-bond acceptors (Lipinski definition) is 10. The molecule has 0 amide bonds. The van der Waals surface area contributed by atoms with Crippen molar-refractivity contribution in [3.63, 3.8) is 0 Å². The molecule has 0 heterocycles. The summed E-state index contributed by atoms with van der Waals surface area (Å²) < 4.78 is 34.5. The van der Waals surface area contributed by atoms with E-state index in [1.165, 1.54) is 25.7 Å². The SMILES string of the molecule is CCCCCC[C@H](C)OC(=O)c1ccc(-c2ccc(OC(=O)CCCCCCOc3ccc(-c4ccc(OCCCCCCC(=O)Oc5ccc(-c6ccc(C(=O)O[C@@H](C)CCCCCC)cc6)cc5)cc4)cc3)cc2)cc1. The number of benzene rings is 6. The van der Waals surface area contributed by atoms with Crippen LogP contribution in [-0.2, 0) is 19.1 Å². The summed E-state index contributed by atoms with van der Waals surface area (Å²) in [7, 11) is 0. The van der Waals surface area contributed by atoms with Crippen LogP contribution in [-0.4, -0.2) is 49.3 Å². The summed E-state index contributed by atoms with van der Waals surface area (Å²) in [5.74, 6) is 1.58. The van der Waals surface area contributed by atoms with Gasteiger partial charge in [0, 0.05) is 12.8 Å². The zero-order chi connectivity index (χ0) is 55.2. The predicted octanol–water partition coefficient (Wildman–Crippen LogP) is 17.6. The van der Waals surface area contributed by atoms with Gasteiger partial charge in [0.25, 0.3) is 0 Å². The number of hydrogen-bond donors (Lipinski definition) is 0. The molecule has 10 heteroatoms. The Morgan fingerprint density at radius 1 is 0.333 bits per heavy atom. The number of ether oxygens (including phenoxy) is 6. The van der Waals surface area contributed by atoms with Gasteiger partial charge in [-0.1, -0.05) is 151 Å². The molecule has 6 aromatic carbocycles. The van der Waals surface area contributed by atoms with Crippen LogP contribution in [0.4, 0.5) is 0 Å². The van der Waals surface area contributed by atoms with E-state index in [4.69, 9.17) is 28.4 Å². The molecule has 0 radical (unpaired) electrons. The number of carbonyl (C=O) groups excluding carboxylic acids is 4. The molecule has 0 aliphatic heterocycles. The van der Waals surface area contributed by atoms with Crippen LogP contribution in [0.25, 0.3) is 33.4 Å². The molecule has 10 nitrogen and oxygen atoms in total. The van der Waals surface area contributed by atoms with Crippen molar-refractivity contribution in [1.82, 2.24) is 0 Å². The quantitative estimate of drug-likeness (QED) is 0.0216. The predicted molar refractivity (Wildman–Crippen MR) is 311 cm³/mol. The highest BCUT2D eigenvalue weighted by atomic mass is 16.6. The average molecular weight is 1060 g/mol. The minimum Gasteiger partial charge on any atom is -0.494 e. The molecule has 0 aliphatic rings. The first-order valence-electron chi connectivity index (χ1n) is 28.8. The first kappa shape index (κ1) is 60.0. The summed E-state index contributed by atoms with van der Waals surface area (Å²) in [4.78, 5) is 50.3. The second-order valence-corrected chi connectivity index (χ2v) is 20.4. The lowest BCUT2D eigenvalue weighted by Crippen LogP contribution is -2.15. The molecule has 2 atom stereocenters. The van der Waals surface area contributed by atoms with E-state index in [-0.39, 0.29) is 36.1 Å². The molecule has 0 unspecified atom stereocenters. The first-order chi connectivity index (χ1) is 38.1. The number of esters is 4. The molecule has 414 valence electrons. The summed E-state index contributed by atoms with van der Waals surface area (Å²) in [5.41, 5.74) is 7.11. The number of carbonyl (C=O) groups is 4. The zero-order valence-corrected chi connectivity index (χ0v) is 46.6. The van der Waals surface area contributed by atoms with Gasteiger partial charge in [-0.3, -0.25) is 9.59 Å². The number of unbranched alkanes of at least 4 members (excludes halogenated alkanes) is 12. The highest BCUT2D eigenvalue weighted by Crippen LogP contribution is 2.28. The van der Waals surface area contributed by atoms with Gasteiger partial charge < -0.3 is 28.4 Å². The van der Waals surface area contributed by atoms with Crippen LogP contribution in [0.15, 0.2) is 146 Å². The van der Waals surface area contributed by atoms with Crippen molar-refractivity contribution >= 4 is 23.9 Å². The molecule has 0 aliphatic carbocycles. The molecular formula is C68H82O10. The lowest BCUT2D eigenvalue weighted by molar-refractivity contribution is -0.135. The van der Waals surface area contributed by atoms with Crippen LogP contribution in [0.1, 0.15) is 177 Å².